The molecule has 0 bridgehead atoms. The fourth-order valence-electron chi connectivity index (χ4n) is 2.42. The van der Waals surface area contributed by atoms with Crippen molar-refractivity contribution >= 4 is 12.6 Å². The number of ether oxygens (including phenoxy) is 2. The molecule has 0 aromatic rings. The molecule has 1 heterocycles. The van der Waals surface area contributed by atoms with E-state index in [4.69, 9.17) is 9.47 Å². The number of thiol groups is 1. The van der Waals surface area contributed by atoms with Crippen molar-refractivity contribution in [1.82, 2.24) is 4.90 Å². The first-order valence-electron chi connectivity index (χ1n) is 5.62. The van der Waals surface area contributed by atoms with Crippen LogP contribution in [0.1, 0.15) is 12.8 Å². The Morgan fingerprint density at radius 3 is 2.07 bits per heavy atom. The van der Waals surface area contributed by atoms with E-state index in [9.17, 15) is 0 Å². The highest BCUT2D eigenvalue weighted by Gasteiger charge is 2.45. The van der Waals surface area contributed by atoms with Crippen LogP contribution in [0.5, 0.6) is 0 Å². The van der Waals surface area contributed by atoms with E-state index in [1.807, 2.05) is 0 Å². The van der Waals surface area contributed by atoms with Crippen molar-refractivity contribution in [2.45, 2.75) is 25.0 Å². The molecular weight excluding hydrogens is 210 g/mol. The van der Waals surface area contributed by atoms with E-state index < -0.39 is 0 Å². The van der Waals surface area contributed by atoms with E-state index >= 15 is 0 Å². The van der Waals surface area contributed by atoms with E-state index in [2.05, 4.69) is 17.5 Å². The molecule has 88 valence electrons. The first kappa shape index (κ1) is 11.7. The van der Waals surface area contributed by atoms with Gasteiger partial charge in [-0.2, -0.15) is 12.6 Å². The van der Waals surface area contributed by atoms with Gasteiger partial charge in [-0.15, -0.1) is 0 Å². The first-order valence-corrected chi connectivity index (χ1v) is 6.25. The molecule has 0 spiro atoms. The number of nitrogens with zero attached hydrogens (tertiary/aromatic N) is 1. The van der Waals surface area contributed by atoms with Crippen LogP contribution in [-0.4, -0.2) is 56.7 Å². The Labute approximate surface area is 97.5 Å². The molecule has 2 atom stereocenters. The number of rotatable bonds is 5. The summed E-state index contributed by atoms with van der Waals surface area (Å²) >= 11 is 4.44. The van der Waals surface area contributed by atoms with E-state index in [0.29, 0.717) is 5.41 Å². The van der Waals surface area contributed by atoms with Gasteiger partial charge in [0, 0.05) is 33.9 Å². The van der Waals surface area contributed by atoms with Crippen LogP contribution in [0.25, 0.3) is 0 Å². The third-order valence-electron chi connectivity index (χ3n) is 3.75. The fraction of sp³-hybridized carbons (Fsp3) is 1.00. The highest BCUT2D eigenvalue weighted by Crippen LogP contribution is 2.47. The summed E-state index contributed by atoms with van der Waals surface area (Å²) < 4.78 is 10.9. The molecule has 0 N–H and O–H groups in total. The van der Waals surface area contributed by atoms with Gasteiger partial charge in [-0.3, -0.25) is 4.90 Å². The van der Waals surface area contributed by atoms with E-state index in [1.54, 1.807) is 14.2 Å². The van der Waals surface area contributed by atoms with Crippen LogP contribution in [-0.2, 0) is 9.47 Å². The minimum atomic E-state index is 0.241. The van der Waals surface area contributed by atoms with Gasteiger partial charge < -0.3 is 9.47 Å². The maximum Gasteiger partial charge on any atom is 0.0971 e. The Balaban J connectivity index is 1.85. The van der Waals surface area contributed by atoms with Gasteiger partial charge in [0.15, 0.2) is 0 Å². The Morgan fingerprint density at radius 2 is 1.73 bits per heavy atom. The van der Waals surface area contributed by atoms with Crippen LogP contribution in [0.2, 0.25) is 0 Å². The van der Waals surface area contributed by atoms with Crippen LogP contribution in [0, 0.1) is 5.41 Å². The van der Waals surface area contributed by atoms with Crippen molar-refractivity contribution < 1.29 is 9.47 Å². The fourth-order valence-corrected chi connectivity index (χ4v) is 2.83. The molecule has 2 fully saturated rings. The molecule has 0 amide bonds. The third kappa shape index (κ3) is 2.49. The predicted octanol–water partition coefficient (Wildman–Crippen LogP) is 1.04. The molecule has 0 aromatic carbocycles. The molecule has 2 unspecified atom stereocenters. The number of hydrogen-bond donors (Lipinski definition) is 1. The zero-order valence-corrected chi connectivity index (χ0v) is 10.5. The van der Waals surface area contributed by atoms with Gasteiger partial charge in [0.1, 0.15) is 0 Å². The highest BCUT2D eigenvalue weighted by atomic mass is 32.1. The van der Waals surface area contributed by atoms with Crippen LogP contribution >= 0.6 is 12.6 Å². The van der Waals surface area contributed by atoms with Crippen molar-refractivity contribution in [1.29, 1.82) is 0 Å². The van der Waals surface area contributed by atoms with Gasteiger partial charge in [-0.1, -0.05) is 0 Å². The summed E-state index contributed by atoms with van der Waals surface area (Å²) in [7, 11) is 3.54. The summed E-state index contributed by atoms with van der Waals surface area (Å²) in [6, 6.07) is 0. The molecule has 15 heavy (non-hydrogen) atoms. The summed E-state index contributed by atoms with van der Waals surface area (Å²) in [5.74, 6) is 1.01. The number of methoxy groups -OCH3 is 2. The number of hydrogen-bond acceptors (Lipinski definition) is 4. The average Bonchev–Trinajstić information content (AvgIpc) is 2.91. The second-order valence-corrected chi connectivity index (χ2v) is 5.22. The Bertz CT molecular complexity index is 209. The molecule has 0 aromatic heterocycles. The van der Waals surface area contributed by atoms with Crippen molar-refractivity contribution in [2.24, 2.45) is 5.41 Å². The first-order chi connectivity index (χ1) is 7.23. The minimum Gasteiger partial charge on any atom is -0.377 e. The van der Waals surface area contributed by atoms with Gasteiger partial charge in [0.25, 0.3) is 0 Å². The molecule has 2 aliphatic rings. The topological polar surface area (TPSA) is 21.7 Å². The summed E-state index contributed by atoms with van der Waals surface area (Å²) in [4.78, 5) is 2.46. The molecular formula is C11H21NO2S. The van der Waals surface area contributed by atoms with E-state index in [0.717, 1.165) is 25.4 Å². The van der Waals surface area contributed by atoms with Crippen molar-refractivity contribution in [3.8, 4) is 0 Å². The van der Waals surface area contributed by atoms with Gasteiger partial charge in [-0.25, -0.2) is 0 Å². The van der Waals surface area contributed by atoms with Crippen molar-refractivity contribution in [3.63, 3.8) is 0 Å². The SMILES string of the molecule is COC1CN(CC2(CS)CC2)CC1OC. The summed E-state index contributed by atoms with van der Waals surface area (Å²) in [6.45, 7) is 3.17. The molecule has 0 radical (unpaired) electrons. The van der Waals surface area contributed by atoms with E-state index in [1.165, 1.54) is 12.8 Å². The molecule has 1 saturated heterocycles. The van der Waals surface area contributed by atoms with Gasteiger partial charge in [0.2, 0.25) is 0 Å². The number of likely N-dealkylation sites (tertiary alicyclic amines) is 1. The lowest BCUT2D eigenvalue weighted by atomic mass is 10.1. The molecule has 1 aliphatic heterocycles. The maximum absolute atomic E-state index is 5.43. The quantitative estimate of drug-likeness (QED) is 0.715. The summed E-state index contributed by atoms with van der Waals surface area (Å²) in [5, 5.41) is 0. The molecule has 4 heteroatoms. The molecule has 1 saturated carbocycles. The largest absolute Gasteiger partial charge is 0.377 e. The maximum atomic E-state index is 5.43. The van der Waals surface area contributed by atoms with Crippen LogP contribution in [0.4, 0.5) is 0 Å². The lowest BCUT2D eigenvalue weighted by Crippen LogP contribution is -2.30. The summed E-state index contributed by atoms with van der Waals surface area (Å²) in [5.41, 5.74) is 0.504. The van der Waals surface area contributed by atoms with Crippen LogP contribution in [0.15, 0.2) is 0 Å². The zero-order chi connectivity index (χ0) is 10.9. The predicted molar refractivity (Wildman–Crippen MR) is 63.6 cm³/mol. The third-order valence-corrected chi connectivity index (χ3v) is 4.42. The standard InChI is InChI=1S/C11H21NO2S/c1-13-9-5-12(6-10(9)14-2)7-11(8-15)3-4-11/h9-10,15H,3-8H2,1-2H3. The molecule has 1 aliphatic carbocycles. The highest BCUT2D eigenvalue weighted by molar-refractivity contribution is 7.80. The van der Waals surface area contributed by atoms with Crippen LogP contribution in [0.3, 0.4) is 0 Å². The molecule has 3 nitrogen and oxygen atoms in total. The van der Waals surface area contributed by atoms with Gasteiger partial charge in [0.05, 0.1) is 12.2 Å². The van der Waals surface area contributed by atoms with Gasteiger partial charge in [-0.05, 0) is 24.0 Å². The zero-order valence-electron chi connectivity index (χ0n) is 9.61. The Morgan fingerprint density at radius 1 is 1.20 bits per heavy atom. The van der Waals surface area contributed by atoms with E-state index in [-0.39, 0.29) is 12.2 Å². The second kappa shape index (κ2) is 4.62. The Kier molecular flexibility index (Phi) is 3.60. The van der Waals surface area contributed by atoms with Gasteiger partial charge >= 0.3 is 0 Å². The smallest absolute Gasteiger partial charge is 0.0971 e. The van der Waals surface area contributed by atoms with Crippen molar-refractivity contribution in [2.75, 3.05) is 39.6 Å². The summed E-state index contributed by atoms with van der Waals surface area (Å²) in [6.07, 6.45) is 3.15. The minimum absolute atomic E-state index is 0.241. The van der Waals surface area contributed by atoms with Crippen molar-refractivity contribution in [3.05, 3.63) is 0 Å². The normalized spacial score (nSPS) is 34.6. The lowest BCUT2D eigenvalue weighted by Gasteiger charge is -2.21. The lowest BCUT2D eigenvalue weighted by molar-refractivity contribution is -0.00461. The average molecular weight is 231 g/mol. The van der Waals surface area contributed by atoms with Crippen LogP contribution < -0.4 is 0 Å². The molecule has 2 rings (SSSR count). The monoisotopic (exact) mass is 231 g/mol. The second-order valence-electron chi connectivity index (χ2n) is 4.90. The Hall–Kier alpha value is 0.230.